The summed E-state index contributed by atoms with van der Waals surface area (Å²) < 4.78 is 4.83. The molecule has 10 aromatic rings. The maximum Gasteiger partial charge on any atom is 0.113 e. The normalized spacial score (nSPS) is 11.8. The van der Waals surface area contributed by atoms with Gasteiger partial charge < -0.3 is 9.13 Å². The van der Waals surface area contributed by atoms with E-state index in [9.17, 15) is 0 Å². The van der Waals surface area contributed by atoms with Crippen LogP contribution in [0.3, 0.4) is 0 Å². The fraction of sp³-hybridized carbons (Fsp3) is 0. The molecule has 0 unspecified atom stereocenters. The summed E-state index contributed by atoms with van der Waals surface area (Å²) in [6, 6.07) is 59.8. The fourth-order valence-corrected chi connectivity index (χ4v) is 7.43. The van der Waals surface area contributed by atoms with Gasteiger partial charge in [-0.1, -0.05) is 133 Å². The summed E-state index contributed by atoms with van der Waals surface area (Å²) in [6.07, 6.45) is 0. The average molecular weight is 613 g/mol. The quantitative estimate of drug-likeness (QED) is 0.198. The molecule has 0 bridgehead atoms. The standard InChI is InChI=1S/C44H28N4/c1-4-15-29(16-5-1)40-41(30-17-6-2-7-18-30)46-42-36(45-40)23-14-26-39(42)48-38-25-13-11-22-33(38)35-28-27-34-32-21-10-12-24-37(32)47(43(34)44(35)48)31-19-8-3-9-20-31/h1-28H. The zero-order valence-electron chi connectivity index (χ0n) is 26.0. The van der Waals surface area contributed by atoms with E-state index >= 15 is 0 Å². The Morgan fingerprint density at radius 1 is 0.354 bits per heavy atom. The van der Waals surface area contributed by atoms with E-state index in [-0.39, 0.29) is 0 Å². The molecule has 0 aliphatic rings. The lowest BCUT2D eigenvalue weighted by molar-refractivity contribution is 1.15. The first-order valence-electron chi connectivity index (χ1n) is 16.3. The smallest absolute Gasteiger partial charge is 0.113 e. The largest absolute Gasteiger partial charge is 0.307 e. The highest BCUT2D eigenvalue weighted by atomic mass is 15.1. The van der Waals surface area contributed by atoms with Crippen molar-refractivity contribution >= 4 is 54.6 Å². The summed E-state index contributed by atoms with van der Waals surface area (Å²) in [5.74, 6) is 0. The van der Waals surface area contributed by atoms with Crippen LogP contribution in [0.4, 0.5) is 0 Å². The lowest BCUT2D eigenvalue weighted by Gasteiger charge is -2.16. The Kier molecular flexibility index (Phi) is 5.84. The Morgan fingerprint density at radius 2 is 0.854 bits per heavy atom. The van der Waals surface area contributed by atoms with Crippen LogP contribution in [0.25, 0.3) is 88.5 Å². The molecule has 3 aromatic heterocycles. The van der Waals surface area contributed by atoms with Crippen LogP contribution in [0.2, 0.25) is 0 Å². The van der Waals surface area contributed by atoms with Crippen molar-refractivity contribution in [1.82, 2.24) is 19.1 Å². The summed E-state index contributed by atoms with van der Waals surface area (Å²) in [5.41, 5.74) is 12.3. The summed E-state index contributed by atoms with van der Waals surface area (Å²) >= 11 is 0. The molecule has 0 saturated heterocycles. The van der Waals surface area contributed by atoms with Gasteiger partial charge in [0, 0.05) is 38.4 Å². The molecule has 0 amide bonds. The topological polar surface area (TPSA) is 35.6 Å². The molecule has 0 N–H and O–H groups in total. The van der Waals surface area contributed by atoms with Gasteiger partial charge in [-0.3, -0.25) is 0 Å². The molecule has 224 valence electrons. The Bertz CT molecular complexity index is 2810. The van der Waals surface area contributed by atoms with Crippen molar-refractivity contribution in [3.63, 3.8) is 0 Å². The second-order valence-corrected chi connectivity index (χ2v) is 12.2. The number of para-hydroxylation sites is 4. The number of fused-ring (bicyclic) bond motifs is 8. The molecule has 7 aromatic carbocycles. The third-order valence-corrected chi connectivity index (χ3v) is 9.49. The second kappa shape index (κ2) is 10.5. The van der Waals surface area contributed by atoms with Gasteiger partial charge in [0.2, 0.25) is 0 Å². The molecule has 0 atom stereocenters. The monoisotopic (exact) mass is 612 g/mol. The lowest BCUT2D eigenvalue weighted by Crippen LogP contribution is -2.02. The Morgan fingerprint density at radius 3 is 1.48 bits per heavy atom. The third-order valence-electron chi connectivity index (χ3n) is 9.49. The summed E-state index contributed by atoms with van der Waals surface area (Å²) in [7, 11) is 0. The van der Waals surface area contributed by atoms with Crippen LogP contribution in [0.15, 0.2) is 170 Å². The third kappa shape index (κ3) is 3.90. The van der Waals surface area contributed by atoms with Gasteiger partial charge in [-0.05, 0) is 36.4 Å². The maximum absolute atomic E-state index is 5.50. The van der Waals surface area contributed by atoms with Crippen LogP contribution in [-0.2, 0) is 0 Å². The van der Waals surface area contributed by atoms with E-state index in [1.165, 1.54) is 32.6 Å². The van der Waals surface area contributed by atoms with E-state index in [1.54, 1.807) is 0 Å². The number of benzene rings is 7. The summed E-state index contributed by atoms with van der Waals surface area (Å²) in [5, 5.41) is 4.85. The van der Waals surface area contributed by atoms with Gasteiger partial charge in [-0.25, -0.2) is 9.97 Å². The zero-order valence-corrected chi connectivity index (χ0v) is 26.0. The first-order chi connectivity index (χ1) is 23.8. The maximum atomic E-state index is 5.50. The summed E-state index contributed by atoms with van der Waals surface area (Å²) in [6.45, 7) is 0. The number of hydrogen-bond donors (Lipinski definition) is 0. The minimum atomic E-state index is 0.854. The number of nitrogens with zero attached hydrogens (tertiary/aromatic N) is 4. The van der Waals surface area contributed by atoms with Gasteiger partial charge in [0.1, 0.15) is 5.52 Å². The Balaban J connectivity index is 1.39. The number of hydrogen-bond acceptors (Lipinski definition) is 2. The number of aromatic nitrogens is 4. The van der Waals surface area contributed by atoms with E-state index in [0.717, 1.165) is 56.0 Å². The highest BCUT2D eigenvalue weighted by Gasteiger charge is 2.23. The molecule has 10 rings (SSSR count). The van der Waals surface area contributed by atoms with Crippen LogP contribution < -0.4 is 0 Å². The second-order valence-electron chi connectivity index (χ2n) is 12.2. The minimum Gasteiger partial charge on any atom is -0.307 e. The molecule has 0 fully saturated rings. The van der Waals surface area contributed by atoms with Gasteiger partial charge in [-0.15, -0.1) is 0 Å². The predicted molar refractivity (Wildman–Crippen MR) is 199 cm³/mol. The van der Waals surface area contributed by atoms with E-state index in [0.29, 0.717) is 0 Å². The zero-order chi connectivity index (χ0) is 31.6. The molecule has 48 heavy (non-hydrogen) atoms. The summed E-state index contributed by atoms with van der Waals surface area (Å²) in [4.78, 5) is 10.8. The minimum absolute atomic E-state index is 0.854. The van der Waals surface area contributed by atoms with Crippen molar-refractivity contribution in [2.75, 3.05) is 0 Å². The molecule has 3 heterocycles. The Hall–Kier alpha value is -6.52. The fourth-order valence-electron chi connectivity index (χ4n) is 7.43. The van der Waals surface area contributed by atoms with Gasteiger partial charge in [-0.2, -0.15) is 0 Å². The highest BCUT2D eigenvalue weighted by Crippen LogP contribution is 2.43. The first kappa shape index (κ1) is 26.7. The molecule has 0 aliphatic carbocycles. The van der Waals surface area contributed by atoms with E-state index in [2.05, 4.69) is 167 Å². The average Bonchev–Trinajstić information content (AvgIpc) is 3.68. The van der Waals surface area contributed by atoms with Crippen LogP contribution >= 0.6 is 0 Å². The van der Waals surface area contributed by atoms with Crippen molar-refractivity contribution in [1.29, 1.82) is 0 Å². The van der Waals surface area contributed by atoms with Crippen LogP contribution in [0, 0.1) is 0 Å². The predicted octanol–water partition coefficient (Wildman–Crippen LogP) is 11.2. The highest BCUT2D eigenvalue weighted by molar-refractivity contribution is 6.24. The van der Waals surface area contributed by atoms with Crippen molar-refractivity contribution in [2.45, 2.75) is 0 Å². The van der Waals surface area contributed by atoms with E-state index in [1.807, 2.05) is 12.1 Å². The van der Waals surface area contributed by atoms with E-state index < -0.39 is 0 Å². The van der Waals surface area contributed by atoms with Crippen LogP contribution in [0.5, 0.6) is 0 Å². The van der Waals surface area contributed by atoms with Gasteiger partial charge in [0.05, 0.1) is 44.7 Å². The molecular weight excluding hydrogens is 585 g/mol. The van der Waals surface area contributed by atoms with Crippen LogP contribution in [0.1, 0.15) is 0 Å². The molecule has 4 nitrogen and oxygen atoms in total. The SMILES string of the molecule is c1ccc(-c2nc3cccc(-n4c5ccccc5c5ccc6c7ccccc7n(-c7ccccc7)c6c54)c3nc2-c2ccccc2)cc1. The number of rotatable bonds is 4. The molecule has 0 saturated carbocycles. The Labute approximate surface area is 276 Å². The van der Waals surface area contributed by atoms with Gasteiger partial charge in [0.15, 0.2) is 0 Å². The van der Waals surface area contributed by atoms with E-state index in [4.69, 9.17) is 9.97 Å². The molecule has 0 spiro atoms. The van der Waals surface area contributed by atoms with Crippen molar-refractivity contribution in [3.8, 4) is 33.9 Å². The molecule has 4 heteroatoms. The lowest BCUT2D eigenvalue weighted by atomic mass is 10.0. The van der Waals surface area contributed by atoms with Gasteiger partial charge in [0.25, 0.3) is 0 Å². The molecule has 0 aliphatic heterocycles. The van der Waals surface area contributed by atoms with Crippen molar-refractivity contribution < 1.29 is 0 Å². The van der Waals surface area contributed by atoms with Crippen molar-refractivity contribution in [3.05, 3.63) is 170 Å². The first-order valence-corrected chi connectivity index (χ1v) is 16.3. The molecule has 0 radical (unpaired) electrons. The van der Waals surface area contributed by atoms with Crippen LogP contribution in [-0.4, -0.2) is 19.1 Å². The van der Waals surface area contributed by atoms with Gasteiger partial charge >= 0.3 is 0 Å². The molecular formula is C44H28N4. The van der Waals surface area contributed by atoms with Crippen molar-refractivity contribution in [2.24, 2.45) is 0 Å².